The quantitative estimate of drug-likeness (QED) is 0.188. The van der Waals surface area contributed by atoms with E-state index >= 15 is 0 Å². The Labute approximate surface area is 308 Å². The minimum atomic E-state index is -0.538. The van der Waals surface area contributed by atoms with Gasteiger partial charge in [0, 0.05) is 31.4 Å². The number of nitrogens with zero attached hydrogens (tertiary/aromatic N) is 4. The first-order valence-corrected chi connectivity index (χ1v) is 18.4. The summed E-state index contributed by atoms with van der Waals surface area (Å²) in [5, 5.41) is 2.69. The first-order valence-electron chi connectivity index (χ1n) is 18.4. The number of aromatic nitrogens is 2. The number of carbonyl (C=O) groups excluding carboxylic acids is 2. The van der Waals surface area contributed by atoms with E-state index in [1.807, 2.05) is 80.4 Å². The van der Waals surface area contributed by atoms with Crippen LogP contribution in [0.4, 0.5) is 9.59 Å². The molecular weight excluding hydrogens is 667 g/mol. The van der Waals surface area contributed by atoms with E-state index in [1.54, 1.807) is 4.90 Å². The summed E-state index contributed by atoms with van der Waals surface area (Å²) in [4.78, 5) is 55.3. The van der Waals surface area contributed by atoms with Crippen molar-refractivity contribution in [2.24, 2.45) is 4.99 Å². The third kappa shape index (κ3) is 7.18. The Morgan fingerprint density at radius 2 is 1.47 bits per heavy atom. The van der Waals surface area contributed by atoms with Crippen molar-refractivity contribution in [2.75, 3.05) is 13.1 Å². The van der Waals surface area contributed by atoms with Crippen LogP contribution in [0.1, 0.15) is 75.9 Å². The van der Waals surface area contributed by atoms with Crippen molar-refractivity contribution >= 4 is 45.1 Å². The first-order chi connectivity index (χ1) is 25.6. The van der Waals surface area contributed by atoms with E-state index < -0.39 is 11.7 Å². The van der Waals surface area contributed by atoms with Crippen LogP contribution < -0.4 is 5.56 Å². The maximum Gasteiger partial charge on any atom is 0.410 e. The van der Waals surface area contributed by atoms with Crippen molar-refractivity contribution in [2.45, 2.75) is 77.2 Å². The molecule has 4 heterocycles. The predicted molar refractivity (Wildman–Crippen MR) is 207 cm³/mol. The second kappa shape index (κ2) is 14.0. The maximum atomic E-state index is 13.2. The number of fused-ring (bicyclic) bond motifs is 2. The van der Waals surface area contributed by atoms with Gasteiger partial charge in [-0.1, -0.05) is 60.7 Å². The minimum absolute atomic E-state index is 0.0387. The molecule has 270 valence electrons. The number of ether oxygens (including phenoxy) is 2. The zero-order valence-electron chi connectivity index (χ0n) is 30.3. The Morgan fingerprint density at radius 1 is 0.811 bits per heavy atom. The Kier molecular flexibility index (Phi) is 9.06. The molecule has 3 aliphatic heterocycles. The summed E-state index contributed by atoms with van der Waals surface area (Å²) < 4.78 is 11.3. The lowest BCUT2D eigenvalue weighted by Crippen LogP contribution is -2.43. The minimum Gasteiger partial charge on any atom is -0.445 e. The summed E-state index contributed by atoms with van der Waals surface area (Å²) >= 11 is 0. The summed E-state index contributed by atoms with van der Waals surface area (Å²) in [6, 6.07) is 27.7. The van der Waals surface area contributed by atoms with Gasteiger partial charge in [0.2, 0.25) is 0 Å². The fourth-order valence-electron chi connectivity index (χ4n) is 7.67. The second-order valence-corrected chi connectivity index (χ2v) is 15.1. The number of aliphatic imine (C=N–C) groups is 1. The van der Waals surface area contributed by atoms with E-state index in [0.717, 1.165) is 63.6 Å². The third-order valence-corrected chi connectivity index (χ3v) is 10.3. The van der Waals surface area contributed by atoms with Crippen LogP contribution in [0.3, 0.4) is 0 Å². The highest BCUT2D eigenvalue weighted by atomic mass is 16.6. The van der Waals surface area contributed by atoms with E-state index in [1.165, 1.54) is 0 Å². The van der Waals surface area contributed by atoms with Crippen LogP contribution >= 0.6 is 0 Å². The van der Waals surface area contributed by atoms with Crippen LogP contribution in [0.15, 0.2) is 101 Å². The van der Waals surface area contributed by atoms with Gasteiger partial charge < -0.3 is 14.5 Å². The summed E-state index contributed by atoms with van der Waals surface area (Å²) in [6.45, 7) is 7.08. The molecule has 5 aromatic rings. The van der Waals surface area contributed by atoms with E-state index in [2.05, 4.69) is 41.4 Å². The molecule has 0 spiro atoms. The molecule has 8 rings (SSSR count). The predicted octanol–water partition coefficient (Wildman–Crippen LogP) is 8.80. The van der Waals surface area contributed by atoms with Gasteiger partial charge in [0.25, 0.3) is 5.56 Å². The zero-order chi connectivity index (χ0) is 36.7. The van der Waals surface area contributed by atoms with Crippen LogP contribution in [-0.2, 0) is 16.1 Å². The van der Waals surface area contributed by atoms with Gasteiger partial charge in [-0.3, -0.25) is 19.6 Å². The number of carbonyl (C=O) groups is 2. The molecule has 0 bridgehead atoms. The molecule has 3 aliphatic rings. The largest absolute Gasteiger partial charge is 0.445 e. The smallest absolute Gasteiger partial charge is 0.410 e. The number of rotatable bonds is 6. The van der Waals surface area contributed by atoms with Crippen LogP contribution in [0.25, 0.3) is 38.4 Å². The Bertz CT molecular complexity index is 2340. The monoisotopic (exact) mass is 709 g/mol. The summed E-state index contributed by atoms with van der Waals surface area (Å²) in [7, 11) is 0. The van der Waals surface area contributed by atoms with Crippen molar-refractivity contribution < 1.29 is 19.1 Å². The highest BCUT2D eigenvalue weighted by molar-refractivity contribution is 6.03. The van der Waals surface area contributed by atoms with Gasteiger partial charge in [-0.15, -0.1) is 0 Å². The number of hydrogen-bond acceptors (Lipinski definition) is 7. The number of H-pyrrole nitrogens is 1. The van der Waals surface area contributed by atoms with E-state index in [4.69, 9.17) is 19.5 Å². The standard InChI is InChI=1S/C43H43N5O5/c1-43(2,3)53-42(51)47-19-7-11-37(47)36-24-33(25-44-36)31-16-15-28-21-30(14-13-29(28)22-31)32-17-18-34-35(23-32)45-39(46-40(34)49)38-12-8-20-48(38)41(50)52-26-27-9-5-4-6-10-27/h4-6,9-10,13-18,21-23,25,37-38H,7-8,11-12,19-20,24,26H2,1-3H3,(H,45,46,49)/t37-,38-/m0/s1. The molecular formula is C43H43N5O5. The molecule has 0 unspecified atom stereocenters. The van der Waals surface area contributed by atoms with Crippen LogP contribution in [-0.4, -0.2) is 62.4 Å². The van der Waals surface area contributed by atoms with Gasteiger partial charge in [-0.2, -0.15) is 0 Å². The molecule has 0 radical (unpaired) electrons. The first kappa shape index (κ1) is 34.3. The molecule has 1 N–H and O–H groups in total. The topological polar surface area (TPSA) is 117 Å². The summed E-state index contributed by atoms with van der Waals surface area (Å²) in [5.74, 6) is 0.471. The van der Waals surface area contributed by atoms with Crippen LogP contribution in [0, 0.1) is 0 Å². The van der Waals surface area contributed by atoms with Crippen LogP contribution in [0.2, 0.25) is 0 Å². The number of hydrogen-bond donors (Lipinski definition) is 1. The van der Waals surface area contributed by atoms with E-state index in [0.29, 0.717) is 42.7 Å². The van der Waals surface area contributed by atoms with Crippen molar-refractivity contribution in [1.82, 2.24) is 19.8 Å². The van der Waals surface area contributed by atoms with Crippen LogP contribution in [0.5, 0.6) is 0 Å². The molecule has 2 amide bonds. The molecule has 4 aromatic carbocycles. The molecule has 10 nitrogen and oxygen atoms in total. The lowest BCUT2D eigenvalue weighted by Gasteiger charge is -2.28. The van der Waals surface area contributed by atoms with Gasteiger partial charge in [0.05, 0.1) is 23.0 Å². The summed E-state index contributed by atoms with van der Waals surface area (Å²) in [6.07, 6.45) is 5.27. The summed E-state index contributed by atoms with van der Waals surface area (Å²) in [5.41, 5.74) is 5.93. The van der Waals surface area contributed by atoms with Gasteiger partial charge in [0.15, 0.2) is 0 Å². The van der Waals surface area contributed by atoms with Crippen molar-refractivity contribution in [3.63, 3.8) is 0 Å². The van der Waals surface area contributed by atoms with Crippen molar-refractivity contribution in [3.8, 4) is 11.1 Å². The van der Waals surface area contributed by atoms with Gasteiger partial charge >= 0.3 is 12.2 Å². The Morgan fingerprint density at radius 3 is 2.23 bits per heavy atom. The van der Waals surface area contributed by atoms with E-state index in [-0.39, 0.29) is 30.3 Å². The number of nitrogens with one attached hydrogen (secondary N) is 1. The molecule has 1 aromatic heterocycles. The fraction of sp³-hybridized carbons (Fsp3) is 0.326. The van der Waals surface area contributed by atoms with E-state index in [9.17, 15) is 14.4 Å². The maximum absolute atomic E-state index is 13.2. The van der Waals surface area contributed by atoms with Gasteiger partial charge in [-0.25, -0.2) is 14.6 Å². The number of benzene rings is 4. The van der Waals surface area contributed by atoms with Crippen molar-refractivity contribution in [1.29, 1.82) is 0 Å². The zero-order valence-corrected chi connectivity index (χ0v) is 30.3. The molecule has 0 saturated carbocycles. The average molecular weight is 710 g/mol. The molecule has 2 saturated heterocycles. The lowest BCUT2D eigenvalue weighted by atomic mass is 9.95. The SMILES string of the molecule is CC(C)(C)OC(=O)N1CCC[C@H]1C1=NC=C(c2ccc3cc(-c4ccc5c(=O)[nH]c([C@@H]6CCCN6C(=O)OCc6ccccc6)nc5c4)ccc3c2)C1. The lowest BCUT2D eigenvalue weighted by molar-refractivity contribution is 0.0265. The normalized spacial score (nSPS) is 18.8. The van der Waals surface area contributed by atoms with Crippen molar-refractivity contribution in [3.05, 3.63) is 118 Å². The third-order valence-electron chi connectivity index (χ3n) is 10.3. The Hall–Kier alpha value is -5.77. The number of aromatic amines is 1. The number of amides is 2. The molecule has 10 heteroatoms. The Balaban J connectivity index is 0.979. The average Bonchev–Trinajstić information content (AvgIpc) is 3.94. The number of allylic oxidation sites excluding steroid dienone is 1. The fourth-order valence-corrected chi connectivity index (χ4v) is 7.67. The molecule has 2 fully saturated rings. The molecule has 53 heavy (non-hydrogen) atoms. The number of likely N-dealkylation sites (tertiary alicyclic amines) is 2. The van der Waals surface area contributed by atoms with Gasteiger partial charge in [0.1, 0.15) is 18.0 Å². The molecule has 2 atom stereocenters. The molecule has 0 aliphatic carbocycles. The van der Waals surface area contributed by atoms with Gasteiger partial charge in [-0.05, 0) is 109 Å². The second-order valence-electron chi connectivity index (χ2n) is 15.1. The highest BCUT2D eigenvalue weighted by Crippen LogP contribution is 2.34. The highest BCUT2D eigenvalue weighted by Gasteiger charge is 2.36.